The van der Waals surface area contributed by atoms with E-state index in [0.717, 1.165) is 4.90 Å². The number of aromatic nitrogens is 1. The van der Waals surface area contributed by atoms with E-state index in [0.29, 0.717) is 0 Å². The molecule has 0 unspecified atom stereocenters. The third-order valence-corrected chi connectivity index (χ3v) is 2.59. The van der Waals surface area contributed by atoms with Crippen molar-refractivity contribution in [3.8, 4) is 0 Å². The van der Waals surface area contributed by atoms with Crippen LogP contribution in [0.4, 0.5) is 0 Å². The van der Waals surface area contributed by atoms with Crippen LogP contribution in [0, 0.1) is 0 Å². The summed E-state index contributed by atoms with van der Waals surface area (Å²) in [4.78, 5) is 16.6. The molecule has 1 aromatic rings. The highest BCUT2D eigenvalue weighted by Gasteiger charge is 2.15. The van der Waals surface area contributed by atoms with Crippen molar-refractivity contribution in [2.75, 3.05) is 19.1 Å². The Morgan fingerprint density at radius 3 is 3.00 bits per heavy atom. The molecule has 0 aliphatic heterocycles. The molecule has 15 heavy (non-hydrogen) atoms. The van der Waals surface area contributed by atoms with Crippen LogP contribution in [-0.2, 0) is 0 Å². The summed E-state index contributed by atoms with van der Waals surface area (Å²) in [7, 11) is 0. The molecule has 1 aromatic heterocycles. The van der Waals surface area contributed by atoms with Gasteiger partial charge in [0.2, 0.25) is 0 Å². The topological polar surface area (TPSA) is 33.2 Å². The molecule has 0 aromatic carbocycles. The van der Waals surface area contributed by atoms with E-state index in [1.807, 2.05) is 0 Å². The lowest BCUT2D eigenvalue weighted by molar-refractivity contribution is 0.0820. The number of nitrogens with zero attached hydrogens (tertiary/aromatic N) is 2. The number of rotatable bonds is 3. The summed E-state index contributed by atoms with van der Waals surface area (Å²) < 4.78 is 22.0. The Hall–Kier alpha value is -0.450. The summed E-state index contributed by atoms with van der Waals surface area (Å²) in [5, 5.41) is 0.220. The van der Waals surface area contributed by atoms with Gasteiger partial charge in [0, 0.05) is 17.3 Å². The van der Waals surface area contributed by atoms with Crippen molar-refractivity contribution in [1.29, 1.82) is 0 Å². The number of hydrogen-bond acceptors (Lipinski definition) is 3. The normalized spacial score (nSPS) is 13.9. The van der Waals surface area contributed by atoms with Gasteiger partial charge in [0.25, 0.3) is 5.91 Å². The van der Waals surface area contributed by atoms with Gasteiger partial charge in [-0.15, -0.1) is 11.8 Å². The van der Waals surface area contributed by atoms with Crippen LogP contribution in [0.15, 0.2) is 12.3 Å². The van der Waals surface area contributed by atoms with E-state index in [4.69, 9.17) is 27.3 Å². The van der Waals surface area contributed by atoms with Crippen molar-refractivity contribution in [2.24, 2.45) is 0 Å². The van der Waals surface area contributed by atoms with Gasteiger partial charge in [-0.05, 0) is 12.3 Å². The average Bonchev–Trinajstić information content (AvgIpc) is 2.23. The molecule has 0 bridgehead atoms. The molecule has 1 amide bonds. The molecule has 1 heterocycles. The Kier molecular flexibility index (Phi) is 3.23. The van der Waals surface area contributed by atoms with Crippen molar-refractivity contribution in [1.82, 2.24) is 9.88 Å². The van der Waals surface area contributed by atoms with E-state index < -0.39 is 12.9 Å². The molecule has 0 saturated heterocycles. The molecule has 0 spiro atoms. The molecule has 6 heteroatoms. The molecule has 3 nitrogen and oxygen atoms in total. The highest BCUT2D eigenvalue weighted by Crippen LogP contribution is 2.20. The monoisotopic (exact) mass is 267 g/mol. The van der Waals surface area contributed by atoms with Crippen molar-refractivity contribution in [2.45, 2.75) is 0 Å². The van der Waals surface area contributed by atoms with E-state index in [1.54, 1.807) is 6.26 Å². The minimum atomic E-state index is -2.52. The second-order valence-electron chi connectivity index (χ2n) is 2.64. The maximum atomic E-state index is 12.1. The second kappa shape index (κ2) is 5.58. The minimum absolute atomic E-state index is 0.0197. The molecular weight excluding hydrogens is 255 g/mol. The fraction of sp³-hybridized carbons (Fsp3) is 0.333. The van der Waals surface area contributed by atoms with E-state index in [-0.39, 0.29) is 21.6 Å². The first-order valence-corrected chi connectivity index (χ1v) is 6.04. The van der Waals surface area contributed by atoms with Gasteiger partial charge >= 0.3 is 0 Å². The van der Waals surface area contributed by atoms with Gasteiger partial charge in [0.05, 0.1) is 16.5 Å². The molecule has 0 aliphatic carbocycles. The summed E-state index contributed by atoms with van der Waals surface area (Å²) >= 11 is 12.7. The quantitative estimate of drug-likeness (QED) is 0.624. The second-order valence-corrected chi connectivity index (χ2v) is 4.27. The molecule has 82 valence electrons. The van der Waals surface area contributed by atoms with Crippen LogP contribution in [0.1, 0.15) is 14.5 Å². The van der Waals surface area contributed by atoms with Crippen LogP contribution in [-0.4, -0.2) is 34.9 Å². The SMILES string of the molecule is [2H]C([2H])([2H])N(CSC)C(=O)c1cnc(Cl)cc1Cl. The zero-order valence-electron chi connectivity index (χ0n) is 10.8. The molecule has 0 aliphatic rings. The van der Waals surface area contributed by atoms with Gasteiger partial charge in [-0.1, -0.05) is 23.2 Å². The van der Waals surface area contributed by atoms with Crippen molar-refractivity contribution in [3.05, 3.63) is 28.0 Å². The number of carbonyl (C=O) groups is 1. The highest BCUT2D eigenvalue weighted by atomic mass is 35.5. The van der Waals surface area contributed by atoms with Gasteiger partial charge in [0.15, 0.2) is 0 Å². The van der Waals surface area contributed by atoms with E-state index in [2.05, 4.69) is 4.98 Å². The van der Waals surface area contributed by atoms with Crippen molar-refractivity contribution < 1.29 is 8.91 Å². The standard InChI is InChI=1S/C9H10Cl2N2OS/c1-13(5-15-2)9(14)6-4-12-8(11)3-7(6)10/h3-4H,5H2,1-2H3/i1D3. The smallest absolute Gasteiger partial charge is 0.257 e. The Balaban J connectivity index is 3.10. The molecule has 0 fully saturated rings. The number of amides is 1. The Labute approximate surface area is 107 Å². The largest absolute Gasteiger partial charge is 0.332 e. The number of halogens is 2. The van der Waals surface area contributed by atoms with Crippen molar-refractivity contribution >= 4 is 40.9 Å². The molecular formula is C9H10Cl2N2OS. The van der Waals surface area contributed by atoms with Crippen LogP contribution in [0.3, 0.4) is 0 Å². The Morgan fingerprint density at radius 2 is 2.47 bits per heavy atom. The Bertz CT molecular complexity index is 456. The molecule has 0 saturated carbocycles. The van der Waals surface area contributed by atoms with Gasteiger partial charge < -0.3 is 4.90 Å². The number of hydrogen-bond donors (Lipinski definition) is 0. The first-order chi connectivity index (χ1) is 8.27. The summed E-state index contributed by atoms with van der Waals surface area (Å²) in [6.45, 7) is -2.52. The van der Waals surface area contributed by atoms with Crippen LogP contribution in [0.25, 0.3) is 0 Å². The summed E-state index contributed by atoms with van der Waals surface area (Å²) in [6.07, 6.45) is 2.87. The summed E-state index contributed by atoms with van der Waals surface area (Å²) in [5.41, 5.74) is 0.0197. The average molecular weight is 268 g/mol. The lowest BCUT2D eigenvalue weighted by Gasteiger charge is -2.15. The predicted octanol–water partition coefficient (Wildman–Crippen LogP) is 2.78. The van der Waals surface area contributed by atoms with E-state index in [1.165, 1.54) is 24.0 Å². The Morgan fingerprint density at radius 1 is 1.73 bits per heavy atom. The number of pyridine rings is 1. The van der Waals surface area contributed by atoms with Crippen LogP contribution in [0.2, 0.25) is 10.2 Å². The van der Waals surface area contributed by atoms with Crippen LogP contribution < -0.4 is 0 Å². The lowest BCUT2D eigenvalue weighted by Crippen LogP contribution is -2.26. The maximum Gasteiger partial charge on any atom is 0.257 e. The van der Waals surface area contributed by atoms with E-state index >= 15 is 0 Å². The van der Waals surface area contributed by atoms with Crippen LogP contribution in [0.5, 0.6) is 0 Å². The lowest BCUT2D eigenvalue weighted by atomic mass is 10.2. The highest BCUT2D eigenvalue weighted by molar-refractivity contribution is 7.98. The molecule has 0 N–H and O–H groups in total. The van der Waals surface area contributed by atoms with E-state index in [9.17, 15) is 4.79 Å². The third-order valence-electron chi connectivity index (χ3n) is 1.55. The first kappa shape index (κ1) is 8.67. The number of thioether (sulfide) groups is 1. The van der Waals surface area contributed by atoms with Gasteiger partial charge in [-0.3, -0.25) is 4.79 Å². The summed E-state index contributed by atoms with van der Waals surface area (Å²) in [5.74, 6) is -0.660. The molecule has 1 rings (SSSR count). The van der Waals surface area contributed by atoms with Gasteiger partial charge in [-0.25, -0.2) is 4.98 Å². The first-order valence-electron chi connectivity index (χ1n) is 5.39. The molecule has 0 atom stereocenters. The fourth-order valence-corrected chi connectivity index (χ4v) is 1.72. The molecule has 0 radical (unpaired) electrons. The minimum Gasteiger partial charge on any atom is -0.332 e. The maximum absolute atomic E-state index is 12.1. The zero-order chi connectivity index (χ0) is 13.9. The van der Waals surface area contributed by atoms with Crippen LogP contribution >= 0.6 is 35.0 Å². The van der Waals surface area contributed by atoms with Crippen molar-refractivity contribution in [3.63, 3.8) is 0 Å². The fourth-order valence-electron chi connectivity index (χ4n) is 0.898. The summed E-state index contributed by atoms with van der Waals surface area (Å²) in [6, 6.07) is 1.30. The number of carbonyl (C=O) groups excluding carboxylic acids is 1. The zero-order valence-corrected chi connectivity index (χ0v) is 10.2. The predicted molar refractivity (Wildman–Crippen MR) is 64.7 cm³/mol. The van der Waals surface area contributed by atoms with Gasteiger partial charge in [0.1, 0.15) is 5.15 Å². The third kappa shape index (κ3) is 3.26. The van der Waals surface area contributed by atoms with Gasteiger partial charge in [-0.2, -0.15) is 0 Å².